The van der Waals surface area contributed by atoms with Crippen LogP contribution in [0.5, 0.6) is 0 Å². The third kappa shape index (κ3) is 5.12. The molecule has 0 amide bonds. The van der Waals surface area contributed by atoms with Gasteiger partial charge in [0.1, 0.15) is 0 Å². The minimum Gasteiger partial charge on any atom is -0.369 e. The number of hydrogen-bond acceptors (Lipinski definition) is 6. The highest BCUT2D eigenvalue weighted by Gasteiger charge is 2.29. The van der Waals surface area contributed by atoms with Crippen LogP contribution < -0.4 is 13.9 Å². The van der Waals surface area contributed by atoms with Crippen LogP contribution in [0, 0.1) is 13.8 Å². The van der Waals surface area contributed by atoms with Gasteiger partial charge in [-0.05, 0) is 81.3 Å². The van der Waals surface area contributed by atoms with Crippen molar-refractivity contribution >= 4 is 37.1 Å². The molecular weight excluding hydrogens is 460 g/mol. The number of anilines is 3. The molecule has 2 aromatic carbocycles. The normalized spacial score (nSPS) is 19.5. The Bertz CT molecular complexity index is 1220. The summed E-state index contributed by atoms with van der Waals surface area (Å²) in [6.07, 6.45) is 1.45. The molecule has 33 heavy (non-hydrogen) atoms. The Morgan fingerprint density at radius 3 is 2.18 bits per heavy atom. The van der Waals surface area contributed by atoms with Crippen LogP contribution in [0.3, 0.4) is 0 Å². The van der Waals surface area contributed by atoms with Crippen molar-refractivity contribution in [3.8, 4) is 0 Å². The van der Waals surface area contributed by atoms with Crippen LogP contribution in [-0.4, -0.2) is 67.3 Å². The highest BCUT2D eigenvalue weighted by atomic mass is 32.2. The fourth-order valence-electron chi connectivity index (χ4n) is 4.41. The summed E-state index contributed by atoms with van der Waals surface area (Å²) >= 11 is 0. The molecule has 0 radical (unpaired) electrons. The quantitative estimate of drug-likeness (QED) is 0.690. The lowest BCUT2D eigenvalue weighted by Gasteiger charge is -2.34. The zero-order valence-corrected chi connectivity index (χ0v) is 21.0. The lowest BCUT2D eigenvalue weighted by molar-refractivity contribution is 0.313. The summed E-state index contributed by atoms with van der Waals surface area (Å²) in [7, 11) is -5.09. The summed E-state index contributed by atoms with van der Waals surface area (Å²) in [5, 5.41) is 0. The smallest absolute Gasteiger partial charge is 0.262 e. The van der Waals surface area contributed by atoms with E-state index in [9.17, 15) is 16.8 Å². The number of sulfonamides is 2. The molecule has 2 fully saturated rings. The number of piperazine rings is 1. The van der Waals surface area contributed by atoms with Crippen molar-refractivity contribution in [3.63, 3.8) is 0 Å². The van der Waals surface area contributed by atoms with Crippen molar-refractivity contribution in [1.82, 2.24) is 4.90 Å². The molecule has 1 N–H and O–H groups in total. The molecule has 4 rings (SSSR count). The minimum absolute atomic E-state index is 0.122. The second-order valence-electron chi connectivity index (χ2n) is 8.94. The summed E-state index contributed by atoms with van der Waals surface area (Å²) in [5.74, 6) is 0.122. The van der Waals surface area contributed by atoms with Crippen molar-refractivity contribution < 1.29 is 16.8 Å². The van der Waals surface area contributed by atoms with Crippen LogP contribution in [-0.2, 0) is 20.0 Å². The van der Waals surface area contributed by atoms with E-state index in [0.29, 0.717) is 35.5 Å². The molecule has 2 heterocycles. The van der Waals surface area contributed by atoms with Gasteiger partial charge in [-0.1, -0.05) is 0 Å². The van der Waals surface area contributed by atoms with Crippen LogP contribution in [0.25, 0.3) is 0 Å². The van der Waals surface area contributed by atoms with Crippen molar-refractivity contribution in [1.29, 1.82) is 0 Å². The molecule has 10 heteroatoms. The second kappa shape index (κ2) is 9.15. The van der Waals surface area contributed by atoms with Gasteiger partial charge >= 0.3 is 0 Å². The van der Waals surface area contributed by atoms with Gasteiger partial charge < -0.3 is 9.80 Å². The summed E-state index contributed by atoms with van der Waals surface area (Å²) in [4.78, 5) is 4.73. The van der Waals surface area contributed by atoms with Crippen molar-refractivity contribution in [2.45, 2.75) is 31.6 Å². The average Bonchev–Trinajstić information content (AvgIpc) is 2.76. The maximum atomic E-state index is 13.2. The van der Waals surface area contributed by atoms with E-state index in [1.54, 1.807) is 38.1 Å². The van der Waals surface area contributed by atoms with E-state index in [0.717, 1.165) is 38.3 Å². The highest BCUT2D eigenvalue weighted by Crippen LogP contribution is 2.32. The molecule has 0 aliphatic carbocycles. The molecule has 0 bridgehead atoms. The molecule has 2 saturated heterocycles. The van der Waals surface area contributed by atoms with E-state index in [1.165, 1.54) is 4.31 Å². The van der Waals surface area contributed by atoms with E-state index in [4.69, 9.17) is 0 Å². The van der Waals surface area contributed by atoms with Gasteiger partial charge in [0.15, 0.2) is 0 Å². The van der Waals surface area contributed by atoms with Crippen LogP contribution in [0.2, 0.25) is 0 Å². The van der Waals surface area contributed by atoms with Crippen LogP contribution in [0.15, 0.2) is 41.3 Å². The van der Waals surface area contributed by atoms with Gasteiger partial charge in [-0.25, -0.2) is 16.8 Å². The standard InChI is InChI=1S/C23H32N4O4S2/c1-18-17-23(19(2)16-22(18)27-10-4-5-15-32(27,28)29)33(30,31)24-20-6-8-21(9-7-20)26-13-11-25(3)12-14-26/h6-9,16-17,24H,4-5,10-15H2,1-3H3. The van der Waals surface area contributed by atoms with E-state index >= 15 is 0 Å². The summed E-state index contributed by atoms with van der Waals surface area (Å²) in [6.45, 7) is 7.77. The predicted molar refractivity (Wildman–Crippen MR) is 133 cm³/mol. The number of rotatable bonds is 5. The van der Waals surface area contributed by atoms with Gasteiger partial charge in [0, 0.05) is 44.1 Å². The first kappa shape index (κ1) is 23.8. The van der Waals surface area contributed by atoms with E-state index in [-0.39, 0.29) is 10.6 Å². The Morgan fingerprint density at radius 2 is 1.55 bits per heavy atom. The first-order valence-electron chi connectivity index (χ1n) is 11.2. The van der Waals surface area contributed by atoms with Crippen LogP contribution in [0.1, 0.15) is 24.0 Å². The zero-order chi connectivity index (χ0) is 23.8. The Morgan fingerprint density at radius 1 is 0.879 bits per heavy atom. The number of nitrogens with zero attached hydrogens (tertiary/aromatic N) is 3. The van der Waals surface area contributed by atoms with Crippen molar-refractivity contribution in [2.24, 2.45) is 0 Å². The predicted octanol–water partition coefficient (Wildman–Crippen LogP) is 2.79. The first-order chi connectivity index (χ1) is 15.6. The van der Waals surface area contributed by atoms with Crippen LogP contribution in [0.4, 0.5) is 17.1 Å². The molecular formula is C23H32N4O4S2. The van der Waals surface area contributed by atoms with Crippen LogP contribution >= 0.6 is 0 Å². The fraction of sp³-hybridized carbons (Fsp3) is 0.478. The average molecular weight is 493 g/mol. The highest BCUT2D eigenvalue weighted by molar-refractivity contribution is 7.93. The van der Waals surface area contributed by atoms with Gasteiger partial charge in [-0.2, -0.15) is 0 Å². The van der Waals surface area contributed by atoms with E-state index < -0.39 is 20.0 Å². The summed E-state index contributed by atoms with van der Waals surface area (Å²) < 4.78 is 55.4. The molecule has 2 aromatic rings. The number of hydrogen-bond donors (Lipinski definition) is 1. The fourth-order valence-corrected chi connectivity index (χ4v) is 7.47. The zero-order valence-electron chi connectivity index (χ0n) is 19.4. The van der Waals surface area contributed by atoms with Gasteiger partial charge in [0.25, 0.3) is 10.0 Å². The molecule has 2 aliphatic rings. The first-order valence-corrected chi connectivity index (χ1v) is 14.3. The van der Waals surface area contributed by atoms with Gasteiger partial charge in [-0.3, -0.25) is 9.03 Å². The molecule has 2 aliphatic heterocycles. The number of aryl methyl sites for hydroxylation is 2. The third-order valence-electron chi connectivity index (χ3n) is 6.39. The van der Waals surface area contributed by atoms with Gasteiger partial charge in [0.05, 0.1) is 16.3 Å². The molecule has 0 spiro atoms. The Kier molecular flexibility index (Phi) is 6.61. The Balaban J connectivity index is 1.54. The Hall–Kier alpha value is -2.30. The maximum absolute atomic E-state index is 13.2. The number of likely N-dealkylation sites (N-methyl/N-ethyl adjacent to an activating group) is 1. The van der Waals surface area contributed by atoms with Gasteiger partial charge in [-0.15, -0.1) is 0 Å². The number of nitrogens with one attached hydrogen (secondary N) is 1. The molecule has 8 nitrogen and oxygen atoms in total. The van der Waals surface area contributed by atoms with Crippen molar-refractivity contribution in [2.75, 3.05) is 59.5 Å². The van der Waals surface area contributed by atoms with Gasteiger partial charge in [0.2, 0.25) is 10.0 Å². The second-order valence-corrected chi connectivity index (χ2v) is 12.6. The minimum atomic E-state index is -3.83. The largest absolute Gasteiger partial charge is 0.369 e. The molecule has 0 atom stereocenters. The summed E-state index contributed by atoms with van der Waals surface area (Å²) in [6, 6.07) is 10.7. The molecule has 180 valence electrons. The topological polar surface area (TPSA) is 90.0 Å². The molecule has 0 saturated carbocycles. The number of benzene rings is 2. The molecule has 0 aromatic heterocycles. The Labute approximate surface area is 197 Å². The van der Waals surface area contributed by atoms with Crippen molar-refractivity contribution in [3.05, 3.63) is 47.5 Å². The SMILES string of the molecule is Cc1cc(S(=O)(=O)Nc2ccc(N3CCN(C)CC3)cc2)c(C)cc1N1CCCCS1(=O)=O. The molecule has 0 unspecified atom stereocenters. The van der Waals surface area contributed by atoms with E-state index in [2.05, 4.69) is 21.6 Å². The monoisotopic (exact) mass is 492 g/mol. The maximum Gasteiger partial charge on any atom is 0.262 e. The lowest BCUT2D eigenvalue weighted by atomic mass is 10.1. The van der Waals surface area contributed by atoms with E-state index in [1.807, 2.05) is 12.1 Å². The summed E-state index contributed by atoms with van der Waals surface area (Å²) in [5.41, 5.74) is 3.26. The third-order valence-corrected chi connectivity index (χ3v) is 9.77. The lowest BCUT2D eigenvalue weighted by Crippen LogP contribution is -2.44.